The molecule has 0 aliphatic heterocycles. The van der Waals surface area contributed by atoms with E-state index in [9.17, 15) is 4.79 Å². The number of ether oxygens (including phenoxy) is 1. The van der Waals surface area contributed by atoms with Gasteiger partial charge in [-0.2, -0.15) is 11.3 Å². The van der Waals surface area contributed by atoms with Crippen molar-refractivity contribution < 1.29 is 9.53 Å². The van der Waals surface area contributed by atoms with Gasteiger partial charge >= 0.3 is 5.97 Å². The molecule has 0 aliphatic rings. The molecule has 0 radical (unpaired) electrons. The molecular weight excluding hydrogens is 444 g/mol. The van der Waals surface area contributed by atoms with Crippen LogP contribution in [0.3, 0.4) is 0 Å². The minimum atomic E-state index is -0.335. The van der Waals surface area contributed by atoms with Gasteiger partial charge < -0.3 is 19.9 Å². The van der Waals surface area contributed by atoms with Crippen LogP contribution in [0.5, 0.6) is 0 Å². The third-order valence-electron chi connectivity index (χ3n) is 6.24. The summed E-state index contributed by atoms with van der Waals surface area (Å²) >= 11 is 1.70. The zero-order valence-electron chi connectivity index (χ0n) is 20.3. The smallest absolute Gasteiger partial charge is 0.337 e. The summed E-state index contributed by atoms with van der Waals surface area (Å²) in [5, 5.41) is 10.0. The number of pyridine rings is 1. The summed E-state index contributed by atoms with van der Waals surface area (Å²) in [4.78, 5) is 23.1. The van der Waals surface area contributed by atoms with Crippen molar-refractivity contribution in [2.24, 2.45) is 0 Å². The average molecular weight is 479 g/mol. The predicted molar refractivity (Wildman–Crippen MR) is 142 cm³/mol. The molecule has 34 heavy (non-hydrogen) atoms. The second kappa shape index (κ2) is 11.5. The van der Waals surface area contributed by atoms with Gasteiger partial charge in [-0.15, -0.1) is 0 Å². The maximum atomic E-state index is 12.0. The number of hydrogen-bond acceptors (Lipinski definition) is 6. The lowest BCUT2D eigenvalue weighted by Gasteiger charge is -2.20. The van der Waals surface area contributed by atoms with Crippen molar-refractivity contribution in [3.8, 4) is 0 Å². The van der Waals surface area contributed by atoms with Crippen molar-refractivity contribution in [1.82, 2.24) is 14.9 Å². The maximum Gasteiger partial charge on any atom is 0.337 e. The Bertz CT molecular complexity index is 1230. The van der Waals surface area contributed by atoms with Gasteiger partial charge in [0.25, 0.3) is 0 Å². The number of aromatic amines is 1. The Labute approximate surface area is 205 Å². The first kappa shape index (κ1) is 24.2. The molecule has 0 atom stereocenters. The van der Waals surface area contributed by atoms with Crippen LogP contribution in [0, 0.1) is 0 Å². The molecule has 1 aromatic carbocycles. The molecule has 0 spiro atoms. The van der Waals surface area contributed by atoms with Crippen molar-refractivity contribution in [2.45, 2.75) is 39.5 Å². The molecule has 2 N–H and O–H groups in total. The molecule has 0 saturated heterocycles. The molecule has 0 fully saturated rings. The fourth-order valence-electron chi connectivity index (χ4n) is 4.36. The van der Waals surface area contributed by atoms with Gasteiger partial charge in [-0.3, -0.25) is 0 Å². The molecule has 3 aromatic heterocycles. The van der Waals surface area contributed by atoms with Crippen LogP contribution in [0.15, 0.2) is 41.1 Å². The first-order valence-electron chi connectivity index (χ1n) is 12.1. The van der Waals surface area contributed by atoms with Crippen molar-refractivity contribution >= 4 is 44.9 Å². The van der Waals surface area contributed by atoms with Gasteiger partial charge in [0.05, 0.1) is 18.2 Å². The van der Waals surface area contributed by atoms with E-state index in [4.69, 9.17) is 9.72 Å². The standard InChI is InChI=1S/C27H34N4O2S/c1-4-6-12-31(5-2)13-7-11-28-26-25-22-9-8-20(27(32)33-3)16-23(22)30-24(25)17-21(29-26)15-19-10-14-34-18-19/h8-10,14,16-18,30H,4-7,11-13,15H2,1-3H3,(H,28,29). The Morgan fingerprint density at radius 3 is 2.74 bits per heavy atom. The Morgan fingerprint density at radius 1 is 1.15 bits per heavy atom. The number of aromatic nitrogens is 2. The van der Waals surface area contributed by atoms with E-state index in [-0.39, 0.29) is 5.97 Å². The number of unbranched alkanes of at least 4 members (excludes halogenated alkanes) is 1. The summed E-state index contributed by atoms with van der Waals surface area (Å²) in [6.07, 6.45) is 4.32. The predicted octanol–water partition coefficient (Wildman–Crippen LogP) is 6.08. The van der Waals surface area contributed by atoms with E-state index < -0.39 is 0 Å². The van der Waals surface area contributed by atoms with E-state index in [0.717, 1.165) is 72.3 Å². The van der Waals surface area contributed by atoms with E-state index in [1.807, 2.05) is 18.2 Å². The van der Waals surface area contributed by atoms with Crippen LogP contribution < -0.4 is 5.32 Å². The Kier molecular flexibility index (Phi) is 8.19. The number of esters is 1. The number of fused-ring (bicyclic) bond motifs is 3. The normalized spacial score (nSPS) is 11.5. The van der Waals surface area contributed by atoms with E-state index in [1.54, 1.807) is 11.3 Å². The van der Waals surface area contributed by atoms with Crippen LogP contribution >= 0.6 is 11.3 Å². The summed E-state index contributed by atoms with van der Waals surface area (Å²) in [7, 11) is 1.41. The first-order chi connectivity index (χ1) is 16.6. The molecule has 0 aliphatic carbocycles. The summed E-state index contributed by atoms with van der Waals surface area (Å²) in [5.74, 6) is 0.565. The molecule has 0 saturated carbocycles. The average Bonchev–Trinajstić information content (AvgIpc) is 3.49. The molecule has 3 heterocycles. The molecule has 4 aromatic rings. The minimum absolute atomic E-state index is 0.335. The number of thiophene rings is 1. The quantitative estimate of drug-likeness (QED) is 0.191. The summed E-state index contributed by atoms with van der Waals surface area (Å²) in [6, 6.07) is 9.93. The number of anilines is 1. The monoisotopic (exact) mass is 478 g/mol. The topological polar surface area (TPSA) is 70.2 Å². The molecule has 4 rings (SSSR count). The SMILES string of the molecule is CCCCN(CC)CCCNc1nc(Cc2ccsc2)cc2[nH]c3cc(C(=O)OC)ccc3c12. The third-order valence-corrected chi connectivity index (χ3v) is 6.97. The molecule has 0 bridgehead atoms. The zero-order valence-corrected chi connectivity index (χ0v) is 21.1. The van der Waals surface area contributed by atoms with Crippen LogP contribution in [-0.4, -0.2) is 54.1 Å². The zero-order chi connectivity index (χ0) is 23.9. The molecule has 6 nitrogen and oxygen atoms in total. The van der Waals surface area contributed by atoms with Gasteiger partial charge in [0.1, 0.15) is 5.82 Å². The van der Waals surface area contributed by atoms with Crippen LogP contribution in [0.1, 0.15) is 54.7 Å². The Balaban J connectivity index is 1.62. The number of benzene rings is 1. The van der Waals surface area contributed by atoms with Gasteiger partial charge in [0.15, 0.2) is 0 Å². The number of methoxy groups -OCH3 is 1. The number of nitrogens with one attached hydrogen (secondary N) is 2. The van der Waals surface area contributed by atoms with Crippen molar-refractivity contribution in [3.63, 3.8) is 0 Å². The number of nitrogens with zero attached hydrogens (tertiary/aromatic N) is 2. The lowest BCUT2D eigenvalue weighted by Crippen LogP contribution is -2.27. The van der Waals surface area contributed by atoms with Gasteiger partial charge in [0, 0.05) is 34.9 Å². The van der Waals surface area contributed by atoms with Gasteiger partial charge in [0.2, 0.25) is 0 Å². The van der Waals surface area contributed by atoms with E-state index in [0.29, 0.717) is 5.56 Å². The molecule has 0 amide bonds. The summed E-state index contributed by atoms with van der Waals surface area (Å²) < 4.78 is 4.90. The first-order valence-corrected chi connectivity index (χ1v) is 13.1. The second-order valence-corrected chi connectivity index (χ2v) is 9.42. The highest BCUT2D eigenvalue weighted by atomic mass is 32.1. The molecule has 7 heteroatoms. The molecular formula is C27H34N4O2S. The van der Waals surface area contributed by atoms with E-state index in [2.05, 4.69) is 51.9 Å². The fourth-order valence-corrected chi connectivity index (χ4v) is 5.03. The van der Waals surface area contributed by atoms with Crippen LogP contribution in [-0.2, 0) is 11.2 Å². The van der Waals surface area contributed by atoms with E-state index >= 15 is 0 Å². The maximum absolute atomic E-state index is 12.0. The summed E-state index contributed by atoms with van der Waals surface area (Å²) in [6.45, 7) is 8.67. The van der Waals surface area contributed by atoms with Gasteiger partial charge in [-0.25, -0.2) is 9.78 Å². The van der Waals surface area contributed by atoms with Crippen molar-refractivity contribution in [1.29, 1.82) is 0 Å². The highest BCUT2D eigenvalue weighted by Crippen LogP contribution is 2.32. The van der Waals surface area contributed by atoms with Gasteiger partial charge in [-0.05, 0) is 73.1 Å². The largest absolute Gasteiger partial charge is 0.465 e. The van der Waals surface area contributed by atoms with Crippen LogP contribution in [0.25, 0.3) is 21.8 Å². The van der Waals surface area contributed by atoms with E-state index in [1.165, 1.54) is 25.5 Å². The number of hydrogen-bond donors (Lipinski definition) is 2. The summed E-state index contributed by atoms with van der Waals surface area (Å²) in [5.41, 5.74) is 4.76. The second-order valence-electron chi connectivity index (χ2n) is 8.64. The lowest BCUT2D eigenvalue weighted by atomic mass is 10.1. The van der Waals surface area contributed by atoms with Gasteiger partial charge in [-0.1, -0.05) is 26.3 Å². The van der Waals surface area contributed by atoms with Crippen molar-refractivity contribution in [3.05, 3.63) is 57.9 Å². The number of carbonyl (C=O) groups is 1. The third kappa shape index (κ3) is 5.59. The number of carbonyl (C=O) groups excluding carboxylic acids is 1. The number of rotatable bonds is 12. The molecule has 0 unspecified atom stereocenters. The van der Waals surface area contributed by atoms with Crippen LogP contribution in [0.2, 0.25) is 0 Å². The lowest BCUT2D eigenvalue weighted by molar-refractivity contribution is 0.0601. The minimum Gasteiger partial charge on any atom is -0.465 e. The molecule has 180 valence electrons. The fraction of sp³-hybridized carbons (Fsp3) is 0.407. The highest BCUT2D eigenvalue weighted by molar-refractivity contribution is 7.07. The Morgan fingerprint density at radius 2 is 2.00 bits per heavy atom. The highest BCUT2D eigenvalue weighted by Gasteiger charge is 2.15. The number of H-pyrrole nitrogens is 1. The Hall–Kier alpha value is -2.90. The van der Waals surface area contributed by atoms with Crippen LogP contribution in [0.4, 0.5) is 5.82 Å². The van der Waals surface area contributed by atoms with Crippen molar-refractivity contribution in [2.75, 3.05) is 38.6 Å².